The van der Waals surface area contributed by atoms with E-state index in [4.69, 9.17) is 9.47 Å². The molecule has 7 heteroatoms. The minimum atomic E-state index is -0.676. The molecule has 2 aromatic carbocycles. The monoisotopic (exact) mass is 401 g/mol. The van der Waals surface area contributed by atoms with Crippen LogP contribution in [0.3, 0.4) is 0 Å². The number of carbonyl (C=O) groups is 3. The molecule has 156 valence electrons. The van der Waals surface area contributed by atoms with Gasteiger partial charge in [0.25, 0.3) is 0 Å². The molecule has 1 unspecified atom stereocenters. The van der Waals surface area contributed by atoms with E-state index >= 15 is 0 Å². The second kappa shape index (κ2) is 9.41. The smallest absolute Gasteiger partial charge is 0.408 e. The first-order valence-electron chi connectivity index (χ1n) is 9.27. The van der Waals surface area contributed by atoms with Crippen LogP contribution in [0.15, 0.2) is 36.4 Å². The van der Waals surface area contributed by atoms with Gasteiger partial charge in [-0.3, -0.25) is 9.59 Å². The number of ketones is 1. The number of esters is 1. The van der Waals surface area contributed by atoms with Crippen LogP contribution in [0.4, 0.5) is 4.79 Å². The lowest BCUT2D eigenvalue weighted by molar-refractivity contribution is -0.143. The molecular formula is C22H27NO6. The van der Waals surface area contributed by atoms with Crippen molar-refractivity contribution in [2.45, 2.75) is 45.3 Å². The number of nitrogens with one attached hydrogen (secondary N) is 1. The lowest BCUT2D eigenvalue weighted by Crippen LogP contribution is -2.36. The highest BCUT2D eigenvalue weighted by molar-refractivity contribution is 5.96. The average molecular weight is 401 g/mol. The maximum Gasteiger partial charge on any atom is 0.408 e. The van der Waals surface area contributed by atoms with Crippen LogP contribution in [0, 0.1) is 0 Å². The van der Waals surface area contributed by atoms with Crippen LogP contribution in [0.2, 0.25) is 0 Å². The van der Waals surface area contributed by atoms with Crippen LogP contribution >= 0.6 is 0 Å². The van der Waals surface area contributed by atoms with Crippen molar-refractivity contribution in [2.24, 2.45) is 0 Å². The summed E-state index contributed by atoms with van der Waals surface area (Å²) in [6.07, 6.45) is -1.05. The third kappa shape index (κ3) is 6.78. The number of alkyl carbamates (subject to hydrolysis) is 1. The minimum absolute atomic E-state index is 0.0595. The largest absolute Gasteiger partial charge is 0.497 e. The summed E-state index contributed by atoms with van der Waals surface area (Å²) < 4.78 is 15.1. The highest BCUT2D eigenvalue weighted by atomic mass is 16.6. The van der Waals surface area contributed by atoms with E-state index in [-0.39, 0.29) is 18.6 Å². The molecule has 0 aliphatic carbocycles. The van der Waals surface area contributed by atoms with Crippen molar-refractivity contribution >= 4 is 28.6 Å². The van der Waals surface area contributed by atoms with Crippen LogP contribution in [-0.2, 0) is 19.1 Å². The molecule has 2 aromatic rings. The van der Waals surface area contributed by atoms with Crippen molar-refractivity contribution in [1.29, 1.82) is 0 Å². The Hall–Kier alpha value is -3.09. The topological polar surface area (TPSA) is 90.9 Å². The molecule has 29 heavy (non-hydrogen) atoms. The average Bonchev–Trinajstić information content (AvgIpc) is 2.64. The van der Waals surface area contributed by atoms with Gasteiger partial charge in [-0.1, -0.05) is 18.2 Å². The van der Waals surface area contributed by atoms with Gasteiger partial charge in [-0.15, -0.1) is 0 Å². The van der Waals surface area contributed by atoms with Gasteiger partial charge in [-0.05, 0) is 55.3 Å². The van der Waals surface area contributed by atoms with Crippen LogP contribution < -0.4 is 10.1 Å². The summed E-state index contributed by atoms with van der Waals surface area (Å²) in [6, 6.07) is 10.6. The number of Topliss-reactive ketones (excluding diaryl/α,β-unsaturated/α-hetero) is 1. The summed E-state index contributed by atoms with van der Waals surface area (Å²) in [5, 5.41) is 4.63. The molecule has 7 nitrogen and oxygen atoms in total. The number of methoxy groups -OCH3 is 2. The van der Waals surface area contributed by atoms with E-state index in [1.165, 1.54) is 7.11 Å². The highest BCUT2D eigenvalue weighted by Gasteiger charge is 2.24. The summed E-state index contributed by atoms with van der Waals surface area (Å²) in [7, 11) is 2.83. The van der Waals surface area contributed by atoms with E-state index in [0.717, 1.165) is 22.1 Å². The Labute approximate surface area is 170 Å². The number of benzene rings is 2. The predicted molar refractivity (Wildman–Crippen MR) is 109 cm³/mol. The Morgan fingerprint density at radius 2 is 1.66 bits per heavy atom. The number of rotatable bonds is 7. The molecule has 0 aliphatic heterocycles. The van der Waals surface area contributed by atoms with E-state index in [9.17, 15) is 14.4 Å². The lowest BCUT2D eigenvalue weighted by atomic mass is 9.97. The molecule has 1 amide bonds. The Balaban J connectivity index is 2.29. The molecule has 0 bridgehead atoms. The van der Waals surface area contributed by atoms with Crippen LogP contribution in [0.25, 0.3) is 10.8 Å². The third-order valence-corrected chi connectivity index (χ3v) is 4.17. The van der Waals surface area contributed by atoms with Crippen LogP contribution in [0.1, 0.15) is 45.2 Å². The fraction of sp³-hybridized carbons (Fsp3) is 0.409. The number of fused-ring (bicyclic) bond motifs is 1. The van der Waals surface area contributed by atoms with Crippen molar-refractivity contribution < 1.29 is 28.6 Å². The Kier molecular flexibility index (Phi) is 7.20. The Morgan fingerprint density at radius 3 is 2.28 bits per heavy atom. The first-order chi connectivity index (χ1) is 13.6. The molecule has 0 saturated carbocycles. The standard InChI is InChI=1S/C22H27NO6/c1-22(2,3)29-21(26)23-19(12-17(24)13-20(25)28-5)16-7-6-15-11-18(27-4)9-8-14(15)10-16/h6-11,19H,12-13H2,1-5H3,(H,23,26). The first-order valence-corrected chi connectivity index (χ1v) is 9.27. The van der Waals surface area contributed by atoms with Crippen molar-refractivity contribution in [3.05, 3.63) is 42.0 Å². The molecule has 0 fully saturated rings. The summed E-state index contributed by atoms with van der Waals surface area (Å²) >= 11 is 0. The molecule has 0 radical (unpaired) electrons. The van der Waals surface area contributed by atoms with E-state index in [1.54, 1.807) is 27.9 Å². The molecular weight excluding hydrogens is 374 g/mol. The quantitative estimate of drug-likeness (QED) is 0.558. The zero-order valence-electron chi connectivity index (χ0n) is 17.4. The van der Waals surface area contributed by atoms with Gasteiger partial charge >= 0.3 is 12.1 Å². The van der Waals surface area contributed by atoms with Gasteiger partial charge in [-0.2, -0.15) is 0 Å². The number of hydrogen-bond acceptors (Lipinski definition) is 6. The van der Waals surface area contributed by atoms with Gasteiger partial charge in [-0.25, -0.2) is 4.79 Å². The van der Waals surface area contributed by atoms with Gasteiger partial charge < -0.3 is 19.5 Å². The van der Waals surface area contributed by atoms with Crippen LogP contribution in [0.5, 0.6) is 5.75 Å². The highest BCUT2D eigenvalue weighted by Crippen LogP contribution is 2.26. The van der Waals surface area contributed by atoms with Gasteiger partial charge in [0.15, 0.2) is 0 Å². The summed E-state index contributed by atoms with van der Waals surface area (Å²) in [6.45, 7) is 5.27. The van der Waals surface area contributed by atoms with Gasteiger partial charge in [0, 0.05) is 6.42 Å². The fourth-order valence-electron chi connectivity index (χ4n) is 2.82. The zero-order chi connectivity index (χ0) is 21.6. The normalized spacial score (nSPS) is 12.2. The summed E-state index contributed by atoms with van der Waals surface area (Å²) in [5.74, 6) is -0.216. The zero-order valence-corrected chi connectivity index (χ0v) is 17.4. The van der Waals surface area contributed by atoms with E-state index < -0.39 is 23.7 Å². The van der Waals surface area contributed by atoms with E-state index in [1.807, 2.05) is 36.4 Å². The summed E-state index contributed by atoms with van der Waals surface area (Å²) in [4.78, 5) is 36.0. The van der Waals surface area contributed by atoms with Crippen LogP contribution in [-0.4, -0.2) is 37.7 Å². The second-order valence-corrected chi connectivity index (χ2v) is 7.67. The van der Waals surface area contributed by atoms with Gasteiger partial charge in [0.05, 0.1) is 20.3 Å². The molecule has 1 atom stereocenters. The predicted octanol–water partition coefficient (Wildman–Crippen LogP) is 3.94. The van der Waals surface area contributed by atoms with Crippen molar-refractivity contribution in [3.8, 4) is 5.75 Å². The maximum absolute atomic E-state index is 12.3. The Bertz CT molecular complexity index is 900. The molecule has 0 spiro atoms. The van der Waals surface area contributed by atoms with Gasteiger partial charge in [0.2, 0.25) is 0 Å². The van der Waals surface area contributed by atoms with Gasteiger partial charge in [0.1, 0.15) is 23.6 Å². The number of carbonyl (C=O) groups excluding carboxylic acids is 3. The number of hydrogen-bond donors (Lipinski definition) is 1. The molecule has 0 aromatic heterocycles. The van der Waals surface area contributed by atoms with E-state index in [2.05, 4.69) is 10.1 Å². The minimum Gasteiger partial charge on any atom is -0.497 e. The molecule has 0 saturated heterocycles. The first kappa shape index (κ1) is 22.2. The second-order valence-electron chi connectivity index (χ2n) is 7.67. The van der Waals surface area contributed by atoms with Crippen molar-refractivity contribution in [1.82, 2.24) is 5.32 Å². The number of ether oxygens (including phenoxy) is 3. The number of amides is 1. The Morgan fingerprint density at radius 1 is 1.00 bits per heavy atom. The van der Waals surface area contributed by atoms with Crippen molar-refractivity contribution in [3.63, 3.8) is 0 Å². The third-order valence-electron chi connectivity index (χ3n) is 4.17. The van der Waals surface area contributed by atoms with Crippen molar-refractivity contribution in [2.75, 3.05) is 14.2 Å². The molecule has 0 heterocycles. The lowest BCUT2D eigenvalue weighted by Gasteiger charge is -2.24. The SMILES string of the molecule is COC(=O)CC(=O)CC(NC(=O)OC(C)(C)C)c1ccc2cc(OC)ccc2c1. The molecule has 0 aliphatic rings. The fourth-order valence-corrected chi connectivity index (χ4v) is 2.82. The molecule has 1 N–H and O–H groups in total. The van der Waals surface area contributed by atoms with E-state index in [0.29, 0.717) is 0 Å². The molecule has 2 rings (SSSR count). The summed E-state index contributed by atoms with van der Waals surface area (Å²) in [5.41, 5.74) is 0.0525. The maximum atomic E-state index is 12.3.